The Hall–Kier alpha value is -2.10. The van der Waals surface area contributed by atoms with Crippen molar-refractivity contribution in [1.29, 1.82) is 0 Å². The Morgan fingerprint density at radius 1 is 0.938 bits per heavy atom. The van der Waals surface area contributed by atoms with Crippen LogP contribution in [0.3, 0.4) is 0 Å². The minimum atomic E-state index is -5.24. The van der Waals surface area contributed by atoms with Gasteiger partial charge in [-0.1, -0.05) is 43.1 Å². The molecule has 1 aromatic heterocycles. The van der Waals surface area contributed by atoms with Crippen LogP contribution in [0.5, 0.6) is 0 Å². The van der Waals surface area contributed by atoms with Gasteiger partial charge in [0.1, 0.15) is 5.69 Å². The Morgan fingerprint density at radius 3 is 1.94 bits per heavy atom. The molecule has 1 aromatic carbocycles. The molecule has 0 aliphatic carbocycles. The van der Waals surface area contributed by atoms with Gasteiger partial charge in [-0.05, 0) is 60.6 Å². The number of rotatable bonds is 7. The number of pyridine rings is 1. The summed E-state index contributed by atoms with van der Waals surface area (Å²) in [4.78, 5) is 15.9. The molecule has 0 bridgehead atoms. The Morgan fingerprint density at radius 2 is 1.50 bits per heavy atom. The van der Waals surface area contributed by atoms with E-state index in [4.69, 9.17) is 0 Å². The van der Waals surface area contributed by atoms with E-state index in [-0.39, 0.29) is 12.0 Å². The van der Waals surface area contributed by atoms with Gasteiger partial charge in [0.15, 0.2) is 5.69 Å². The maximum atomic E-state index is 13.7. The molecule has 1 N–H and O–H groups in total. The molecule has 0 fully saturated rings. The molecule has 32 heavy (non-hydrogen) atoms. The third kappa shape index (κ3) is 6.02. The summed E-state index contributed by atoms with van der Waals surface area (Å²) >= 11 is 3.37. The number of halogens is 7. The van der Waals surface area contributed by atoms with Crippen LogP contribution in [-0.4, -0.2) is 10.9 Å². The molecule has 2 rings (SSSR count). The first-order valence-electron chi connectivity index (χ1n) is 10.1. The molecular weight excluding hydrogens is 502 g/mol. The number of alkyl halides is 6. The molecule has 2 aromatic rings. The standard InChI is InChI=1S/C22H23BrF6N2O/c1-4-7-8-14-11-16(21(24,25)26)30-19(22(27,28)29)17(14)20(32)31-18-12(5-2)9-15(23)10-13(18)6-3/h9-11H,4-8H2,1-3H3,(H,31,32). The number of benzene rings is 1. The molecule has 0 atom stereocenters. The second kappa shape index (κ2) is 10.2. The normalized spacial score (nSPS) is 12.2. The van der Waals surface area contributed by atoms with Gasteiger partial charge in [0.25, 0.3) is 5.91 Å². The third-order valence-electron chi connectivity index (χ3n) is 4.95. The van der Waals surface area contributed by atoms with E-state index in [0.717, 1.165) is 4.47 Å². The van der Waals surface area contributed by atoms with Crippen LogP contribution >= 0.6 is 15.9 Å². The first-order valence-corrected chi connectivity index (χ1v) is 10.9. The number of carbonyl (C=O) groups is 1. The summed E-state index contributed by atoms with van der Waals surface area (Å²) in [6.07, 6.45) is -8.61. The first kappa shape index (κ1) is 26.2. The van der Waals surface area contributed by atoms with Crippen molar-refractivity contribution in [2.45, 2.75) is 65.2 Å². The Labute approximate surface area is 190 Å². The van der Waals surface area contributed by atoms with Crippen LogP contribution in [-0.2, 0) is 31.6 Å². The van der Waals surface area contributed by atoms with Crippen molar-refractivity contribution in [3.8, 4) is 0 Å². The summed E-state index contributed by atoms with van der Waals surface area (Å²) < 4.78 is 81.7. The molecule has 0 aliphatic heterocycles. The minimum Gasteiger partial charge on any atom is -0.321 e. The van der Waals surface area contributed by atoms with Crippen LogP contribution in [0.4, 0.5) is 32.0 Å². The van der Waals surface area contributed by atoms with Crippen LogP contribution in [0.2, 0.25) is 0 Å². The molecule has 10 heteroatoms. The number of aryl methyl sites for hydroxylation is 3. The highest BCUT2D eigenvalue weighted by molar-refractivity contribution is 9.10. The number of hydrogen-bond donors (Lipinski definition) is 1. The molecule has 0 saturated heterocycles. The smallest absolute Gasteiger partial charge is 0.321 e. The van der Waals surface area contributed by atoms with Gasteiger partial charge in [0.2, 0.25) is 0 Å². The van der Waals surface area contributed by atoms with Crippen LogP contribution in [0.1, 0.15) is 72.0 Å². The van der Waals surface area contributed by atoms with Gasteiger partial charge in [-0.15, -0.1) is 0 Å². The van der Waals surface area contributed by atoms with Gasteiger partial charge in [-0.2, -0.15) is 26.3 Å². The maximum Gasteiger partial charge on any atom is 0.434 e. The van der Waals surface area contributed by atoms with Gasteiger partial charge < -0.3 is 5.32 Å². The topological polar surface area (TPSA) is 42.0 Å². The van der Waals surface area contributed by atoms with Crippen molar-refractivity contribution in [3.63, 3.8) is 0 Å². The summed E-state index contributed by atoms with van der Waals surface area (Å²) in [5, 5.41) is 2.53. The first-order chi connectivity index (χ1) is 14.8. The van der Waals surface area contributed by atoms with E-state index in [2.05, 4.69) is 26.2 Å². The summed E-state index contributed by atoms with van der Waals surface area (Å²) in [5.74, 6) is -1.13. The van der Waals surface area contributed by atoms with Gasteiger partial charge in [0, 0.05) is 10.2 Å². The third-order valence-corrected chi connectivity index (χ3v) is 5.41. The molecule has 176 valence electrons. The fourth-order valence-electron chi connectivity index (χ4n) is 3.39. The lowest BCUT2D eigenvalue weighted by Gasteiger charge is -2.20. The highest BCUT2D eigenvalue weighted by Gasteiger charge is 2.43. The Bertz CT molecular complexity index is 961. The molecule has 1 amide bonds. The zero-order valence-corrected chi connectivity index (χ0v) is 19.4. The highest BCUT2D eigenvalue weighted by atomic mass is 79.9. The summed E-state index contributed by atoms with van der Waals surface area (Å²) in [5.41, 5.74) is -2.96. The largest absolute Gasteiger partial charge is 0.434 e. The SMILES string of the molecule is CCCCc1cc(C(F)(F)F)nc(C(F)(F)F)c1C(=O)Nc1c(CC)cc(Br)cc1CC. The van der Waals surface area contributed by atoms with Crippen molar-refractivity contribution in [2.24, 2.45) is 0 Å². The second-order valence-electron chi connectivity index (χ2n) is 7.25. The van der Waals surface area contributed by atoms with E-state index in [1.54, 1.807) is 19.1 Å². The number of hydrogen-bond acceptors (Lipinski definition) is 2. The van der Waals surface area contributed by atoms with Crippen LogP contribution < -0.4 is 5.32 Å². The van der Waals surface area contributed by atoms with Gasteiger partial charge in [-0.3, -0.25) is 4.79 Å². The predicted octanol–water partition coefficient (Wildman–Crippen LogP) is 7.60. The predicted molar refractivity (Wildman–Crippen MR) is 114 cm³/mol. The van der Waals surface area contributed by atoms with E-state index < -0.39 is 35.2 Å². The molecule has 3 nitrogen and oxygen atoms in total. The van der Waals surface area contributed by atoms with E-state index in [1.165, 1.54) is 0 Å². The molecule has 0 aliphatic rings. The van der Waals surface area contributed by atoms with E-state index >= 15 is 0 Å². The summed E-state index contributed by atoms with van der Waals surface area (Å²) in [6, 6.07) is 4.02. The fourth-order valence-corrected chi connectivity index (χ4v) is 3.94. The maximum absolute atomic E-state index is 13.7. The van der Waals surface area contributed by atoms with Crippen molar-refractivity contribution in [1.82, 2.24) is 4.98 Å². The highest BCUT2D eigenvalue weighted by Crippen LogP contribution is 2.38. The van der Waals surface area contributed by atoms with Crippen LogP contribution in [0.25, 0.3) is 0 Å². The van der Waals surface area contributed by atoms with E-state index in [1.807, 2.05) is 13.8 Å². The second-order valence-corrected chi connectivity index (χ2v) is 8.17. The lowest BCUT2D eigenvalue weighted by molar-refractivity contribution is -0.150. The van der Waals surface area contributed by atoms with E-state index in [9.17, 15) is 31.1 Å². The van der Waals surface area contributed by atoms with Crippen molar-refractivity contribution < 1.29 is 31.1 Å². The van der Waals surface area contributed by atoms with Gasteiger partial charge >= 0.3 is 12.4 Å². The minimum absolute atomic E-state index is 0.116. The van der Waals surface area contributed by atoms with E-state index in [0.29, 0.717) is 48.6 Å². The number of carbonyl (C=O) groups excluding carboxylic acids is 1. The number of aromatic nitrogens is 1. The average molecular weight is 525 g/mol. The van der Waals surface area contributed by atoms with Gasteiger partial charge in [0.05, 0.1) is 5.56 Å². The zero-order valence-electron chi connectivity index (χ0n) is 17.8. The Kier molecular flexibility index (Phi) is 8.36. The number of nitrogens with zero attached hydrogens (tertiary/aromatic N) is 1. The molecular formula is C22H23BrF6N2O. The number of amides is 1. The summed E-state index contributed by atoms with van der Waals surface area (Å²) in [6.45, 7) is 5.40. The molecule has 0 spiro atoms. The molecule has 0 unspecified atom stereocenters. The van der Waals surface area contributed by atoms with Crippen LogP contribution in [0, 0.1) is 0 Å². The molecule has 0 radical (unpaired) electrons. The fraction of sp³-hybridized carbons (Fsp3) is 0.455. The Balaban J connectivity index is 2.71. The van der Waals surface area contributed by atoms with Crippen LogP contribution in [0.15, 0.2) is 22.7 Å². The van der Waals surface area contributed by atoms with Crippen molar-refractivity contribution in [2.75, 3.05) is 5.32 Å². The number of anilines is 1. The lowest BCUT2D eigenvalue weighted by atomic mass is 9.97. The number of unbranched alkanes of at least 4 members (excludes halogenated alkanes) is 1. The number of nitrogens with one attached hydrogen (secondary N) is 1. The zero-order chi connectivity index (χ0) is 24.3. The molecule has 0 saturated carbocycles. The van der Waals surface area contributed by atoms with Gasteiger partial charge in [-0.25, -0.2) is 4.98 Å². The summed E-state index contributed by atoms with van der Waals surface area (Å²) in [7, 11) is 0. The monoisotopic (exact) mass is 524 g/mol. The van der Waals surface area contributed by atoms with Crippen molar-refractivity contribution >= 4 is 27.5 Å². The average Bonchev–Trinajstić information content (AvgIpc) is 2.70. The molecule has 1 heterocycles. The van der Waals surface area contributed by atoms with Crippen molar-refractivity contribution in [3.05, 3.63) is 56.3 Å². The quantitative estimate of drug-likeness (QED) is 0.379. The lowest BCUT2D eigenvalue weighted by Crippen LogP contribution is -2.26.